The van der Waals surface area contributed by atoms with Crippen molar-refractivity contribution in [3.8, 4) is 17.2 Å². The van der Waals surface area contributed by atoms with E-state index in [2.05, 4.69) is 5.32 Å². The van der Waals surface area contributed by atoms with E-state index in [0.29, 0.717) is 40.5 Å². The minimum atomic E-state index is -1.08. The van der Waals surface area contributed by atoms with Crippen LogP contribution >= 0.6 is 0 Å². The van der Waals surface area contributed by atoms with E-state index in [0.717, 1.165) is 12.1 Å². The Labute approximate surface area is 196 Å². The van der Waals surface area contributed by atoms with Crippen molar-refractivity contribution in [3.63, 3.8) is 0 Å². The molecule has 1 atom stereocenters. The standard InChI is InChI=1S/C26H24FNO6/c1-15-7-20(32-13-21-14-33-22-5-3-4-6-23(22)34-21)8-16(2)25(15)26(31)28-19-10-17(11-24(29)30)9-18(27)12-19/h3-10,12,21H,11,13-14H2,1-2H3,(H,28,31)(H,29,30)/t21-/m1/s1. The van der Waals surface area contributed by atoms with Gasteiger partial charge >= 0.3 is 5.97 Å². The Kier molecular flexibility index (Phi) is 6.67. The number of aryl methyl sites for hydroxylation is 2. The first-order valence-electron chi connectivity index (χ1n) is 10.7. The number of aliphatic carboxylic acids is 1. The summed E-state index contributed by atoms with van der Waals surface area (Å²) in [6, 6.07) is 14.7. The number of rotatable bonds is 7. The van der Waals surface area contributed by atoms with E-state index in [1.807, 2.05) is 24.3 Å². The summed E-state index contributed by atoms with van der Waals surface area (Å²) in [4.78, 5) is 23.8. The molecule has 0 fully saturated rings. The van der Waals surface area contributed by atoms with E-state index in [4.69, 9.17) is 19.3 Å². The lowest BCUT2D eigenvalue weighted by molar-refractivity contribution is -0.136. The number of hydrogen-bond acceptors (Lipinski definition) is 5. The van der Waals surface area contributed by atoms with E-state index in [9.17, 15) is 14.0 Å². The van der Waals surface area contributed by atoms with Crippen molar-refractivity contribution in [2.75, 3.05) is 18.5 Å². The van der Waals surface area contributed by atoms with E-state index in [-0.39, 0.29) is 30.4 Å². The summed E-state index contributed by atoms with van der Waals surface area (Å²) in [6.07, 6.45) is -0.613. The van der Waals surface area contributed by atoms with E-state index < -0.39 is 17.7 Å². The second-order valence-electron chi connectivity index (χ2n) is 8.11. The molecule has 1 amide bonds. The summed E-state index contributed by atoms with van der Waals surface area (Å²) >= 11 is 0. The third-order valence-corrected chi connectivity index (χ3v) is 5.31. The third kappa shape index (κ3) is 5.46. The summed E-state index contributed by atoms with van der Waals surface area (Å²) in [7, 11) is 0. The Morgan fingerprint density at radius 1 is 1.09 bits per heavy atom. The number of nitrogens with one attached hydrogen (secondary N) is 1. The molecular formula is C26H24FNO6. The molecular weight excluding hydrogens is 441 g/mol. The van der Waals surface area contributed by atoms with Gasteiger partial charge in [0.2, 0.25) is 0 Å². The summed E-state index contributed by atoms with van der Waals surface area (Å²) in [5.74, 6) is -0.167. The second-order valence-corrected chi connectivity index (χ2v) is 8.11. The molecule has 0 unspecified atom stereocenters. The number of carbonyl (C=O) groups is 2. The zero-order valence-corrected chi connectivity index (χ0v) is 18.8. The van der Waals surface area contributed by atoms with Crippen LogP contribution < -0.4 is 19.5 Å². The van der Waals surface area contributed by atoms with Gasteiger partial charge in [0.05, 0.1) is 6.42 Å². The molecule has 34 heavy (non-hydrogen) atoms. The van der Waals surface area contributed by atoms with Crippen molar-refractivity contribution >= 4 is 17.6 Å². The predicted octanol–water partition coefficient (Wildman–Crippen LogP) is 4.54. The lowest BCUT2D eigenvalue weighted by atomic mass is 10.0. The van der Waals surface area contributed by atoms with Gasteiger partial charge in [0.1, 0.15) is 24.8 Å². The maximum atomic E-state index is 13.9. The molecule has 8 heteroatoms. The van der Waals surface area contributed by atoms with Crippen molar-refractivity contribution in [1.82, 2.24) is 0 Å². The number of carboxylic acids is 1. The molecule has 3 aromatic rings. The number of fused-ring (bicyclic) bond motifs is 1. The first-order chi connectivity index (χ1) is 16.3. The highest BCUT2D eigenvalue weighted by Gasteiger charge is 2.22. The average Bonchev–Trinajstić information content (AvgIpc) is 2.76. The Bertz CT molecular complexity index is 1220. The number of hydrogen-bond donors (Lipinski definition) is 2. The zero-order chi connectivity index (χ0) is 24.2. The van der Waals surface area contributed by atoms with Gasteiger partial charge in [-0.2, -0.15) is 0 Å². The first-order valence-corrected chi connectivity index (χ1v) is 10.7. The summed E-state index contributed by atoms with van der Waals surface area (Å²) in [6.45, 7) is 4.21. The van der Waals surface area contributed by atoms with Crippen LogP contribution in [0.5, 0.6) is 17.2 Å². The van der Waals surface area contributed by atoms with Gasteiger partial charge in [-0.25, -0.2) is 4.39 Å². The molecule has 7 nitrogen and oxygen atoms in total. The lowest BCUT2D eigenvalue weighted by Gasteiger charge is -2.26. The topological polar surface area (TPSA) is 94.1 Å². The second kappa shape index (κ2) is 9.82. The highest BCUT2D eigenvalue weighted by molar-refractivity contribution is 6.06. The lowest BCUT2D eigenvalue weighted by Crippen LogP contribution is -2.34. The molecule has 0 saturated heterocycles. The summed E-state index contributed by atoms with van der Waals surface area (Å²) in [5, 5.41) is 11.6. The fourth-order valence-electron chi connectivity index (χ4n) is 3.89. The molecule has 1 aliphatic rings. The van der Waals surface area contributed by atoms with Gasteiger partial charge in [0.15, 0.2) is 17.6 Å². The fraction of sp³-hybridized carbons (Fsp3) is 0.231. The van der Waals surface area contributed by atoms with Gasteiger partial charge in [-0.05, 0) is 73.0 Å². The highest BCUT2D eigenvalue weighted by atomic mass is 19.1. The largest absolute Gasteiger partial charge is 0.490 e. The van der Waals surface area contributed by atoms with Crippen molar-refractivity contribution in [3.05, 3.63) is 82.7 Å². The number of halogens is 1. The minimum absolute atomic E-state index is 0.190. The minimum Gasteiger partial charge on any atom is -0.490 e. The van der Waals surface area contributed by atoms with Gasteiger partial charge in [0, 0.05) is 11.3 Å². The average molecular weight is 465 g/mol. The van der Waals surface area contributed by atoms with E-state index in [1.165, 1.54) is 6.07 Å². The van der Waals surface area contributed by atoms with Crippen LogP contribution in [0, 0.1) is 19.7 Å². The molecule has 3 aromatic carbocycles. The van der Waals surface area contributed by atoms with Crippen molar-refractivity contribution in [1.29, 1.82) is 0 Å². The molecule has 0 aliphatic carbocycles. The summed E-state index contributed by atoms with van der Waals surface area (Å²) < 4.78 is 31.4. The highest BCUT2D eigenvalue weighted by Crippen LogP contribution is 2.31. The molecule has 1 aliphatic heterocycles. The van der Waals surface area contributed by atoms with E-state index in [1.54, 1.807) is 26.0 Å². The molecule has 4 rings (SSSR count). The van der Waals surface area contributed by atoms with Crippen molar-refractivity contribution in [2.45, 2.75) is 26.4 Å². The number of amides is 1. The van der Waals surface area contributed by atoms with Crippen LogP contribution in [-0.2, 0) is 11.2 Å². The number of anilines is 1. The van der Waals surface area contributed by atoms with Crippen LogP contribution in [-0.4, -0.2) is 36.3 Å². The van der Waals surface area contributed by atoms with Crippen LogP contribution in [0.2, 0.25) is 0 Å². The van der Waals surface area contributed by atoms with Crippen LogP contribution in [0.15, 0.2) is 54.6 Å². The van der Waals surface area contributed by atoms with Gasteiger partial charge in [-0.1, -0.05) is 12.1 Å². The Morgan fingerprint density at radius 3 is 2.50 bits per heavy atom. The SMILES string of the molecule is Cc1cc(OC[C@@H]2COc3ccccc3O2)cc(C)c1C(=O)Nc1cc(F)cc(CC(=O)O)c1. The van der Waals surface area contributed by atoms with Crippen molar-refractivity contribution in [2.24, 2.45) is 0 Å². The molecule has 2 N–H and O–H groups in total. The van der Waals surface area contributed by atoms with Crippen LogP contribution in [0.1, 0.15) is 27.0 Å². The molecule has 0 aromatic heterocycles. The van der Waals surface area contributed by atoms with Crippen LogP contribution in [0.3, 0.4) is 0 Å². The zero-order valence-electron chi connectivity index (χ0n) is 18.8. The molecule has 0 saturated carbocycles. The Hall–Kier alpha value is -4.07. The number of ether oxygens (including phenoxy) is 3. The van der Waals surface area contributed by atoms with Gasteiger partial charge in [-0.3, -0.25) is 9.59 Å². The molecule has 0 radical (unpaired) electrons. The monoisotopic (exact) mass is 465 g/mol. The smallest absolute Gasteiger partial charge is 0.307 e. The Morgan fingerprint density at radius 2 is 1.79 bits per heavy atom. The normalized spacial score (nSPS) is 14.4. The molecule has 0 spiro atoms. The molecule has 1 heterocycles. The Balaban J connectivity index is 1.43. The number of para-hydroxylation sites is 2. The number of carbonyl (C=O) groups excluding carboxylic acids is 1. The third-order valence-electron chi connectivity index (χ3n) is 5.31. The molecule has 0 bridgehead atoms. The van der Waals surface area contributed by atoms with Crippen molar-refractivity contribution < 1.29 is 33.3 Å². The quantitative estimate of drug-likeness (QED) is 0.532. The summed E-state index contributed by atoms with van der Waals surface area (Å²) in [5.41, 5.74) is 2.25. The molecule has 176 valence electrons. The van der Waals surface area contributed by atoms with Gasteiger partial charge in [0.25, 0.3) is 5.91 Å². The number of carboxylic acid groups (broad SMARTS) is 1. The maximum Gasteiger partial charge on any atom is 0.307 e. The number of benzene rings is 3. The van der Waals surface area contributed by atoms with Gasteiger partial charge < -0.3 is 24.6 Å². The fourth-order valence-corrected chi connectivity index (χ4v) is 3.89. The first kappa shape index (κ1) is 23.1. The van der Waals surface area contributed by atoms with Gasteiger partial charge in [-0.15, -0.1) is 0 Å². The predicted molar refractivity (Wildman–Crippen MR) is 123 cm³/mol. The van der Waals surface area contributed by atoms with Crippen LogP contribution in [0.25, 0.3) is 0 Å². The van der Waals surface area contributed by atoms with E-state index >= 15 is 0 Å². The van der Waals surface area contributed by atoms with Crippen LogP contribution in [0.4, 0.5) is 10.1 Å². The maximum absolute atomic E-state index is 13.9.